The zero-order valence-electron chi connectivity index (χ0n) is 23.9. The van der Waals surface area contributed by atoms with Crippen LogP contribution in [0, 0.1) is 0 Å². The molecule has 0 atom stereocenters. The van der Waals surface area contributed by atoms with Gasteiger partial charge < -0.3 is 18.9 Å². The quantitative estimate of drug-likeness (QED) is 0.104. The summed E-state index contributed by atoms with van der Waals surface area (Å²) in [7, 11) is 3.36. The van der Waals surface area contributed by atoms with Crippen LogP contribution in [0.1, 0.15) is 61.8 Å². The first-order valence-electron chi connectivity index (χ1n) is 14.4. The fraction of sp³-hybridized carbons (Fsp3) is 0.412. The molecule has 0 fully saturated rings. The highest BCUT2D eigenvalue weighted by molar-refractivity contribution is 7.21. The van der Waals surface area contributed by atoms with Crippen molar-refractivity contribution in [2.45, 2.75) is 64.2 Å². The van der Waals surface area contributed by atoms with E-state index < -0.39 is 0 Å². The van der Waals surface area contributed by atoms with E-state index in [1.165, 1.54) is 65.1 Å². The van der Waals surface area contributed by atoms with Crippen LogP contribution in [0.4, 0.5) is 0 Å². The Morgan fingerprint density at radius 3 is 1.62 bits per heavy atom. The lowest BCUT2D eigenvalue weighted by molar-refractivity contribution is 0.304. The maximum absolute atomic E-state index is 5.87. The van der Waals surface area contributed by atoms with Crippen LogP contribution < -0.4 is 18.9 Å². The molecule has 214 valence electrons. The monoisotopic (exact) mass is 578 g/mol. The molecule has 0 aliphatic heterocycles. The molecule has 2 heterocycles. The Bertz CT molecular complexity index is 1210. The number of ether oxygens (including phenoxy) is 4. The minimum atomic E-state index is 0.767. The Balaban J connectivity index is 1.12. The summed E-state index contributed by atoms with van der Waals surface area (Å²) < 4.78 is 22.1. The first kappa shape index (κ1) is 30.0. The van der Waals surface area contributed by atoms with E-state index in [0.29, 0.717) is 0 Å². The highest BCUT2D eigenvalue weighted by atomic mass is 32.1. The van der Waals surface area contributed by atoms with E-state index in [0.717, 1.165) is 55.5 Å². The topological polar surface area (TPSA) is 36.9 Å². The summed E-state index contributed by atoms with van der Waals surface area (Å²) in [6.45, 7) is 1.54. The van der Waals surface area contributed by atoms with Crippen LogP contribution in [0.15, 0.2) is 72.1 Å². The molecule has 2 aromatic heterocycles. The van der Waals surface area contributed by atoms with E-state index >= 15 is 0 Å². The van der Waals surface area contributed by atoms with Crippen LogP contribution in [0.2, 0.25) is 0 Å². The minimum absolute atomic E-state index is 0.767. The predicted octanol–water partition coefficient (Wildman–Crippen LogP) is 9.86. The summed E-state index contributed by atoms with van der Waals surface area (Å²) in [5, 5.41) is 2.19. The summed E-state index contributed by atoms with van der Waals surface area (Å²) in [5.41, 5.74) is 1.53. The van der Waals surface area contributed by atoms with Crippen LogP contribution in [0.5, 0.6) is 23.0 Å². The molecule has 0 aliphatic rings. The second-order valence-electron chi connectivity index (χ2n) is 9.92. The van der Waals surface area contributed by atoms with Crippen LogP contribution in [-0.4, -0.2) is 27.4 Å². The third-order valence-corrected chi connectivity index (χ3v) is 9.21. The molecule has 0 radical (unpaired) electrons. The fourth-order valence-electron chi connectivity index (χ4n) is 4.66. The van der Waals surface area contributed by atoms with Crippen molar-refractivity contribution in [3.63, 3.8) is 0 Å². The number of aryl methyl sites for hydroxylation is 2. The number of unbranched alkanes of at least 4 members (excludes halogenated alkanes) is 6. The second-order valence-corrected chi connectivity index (χ2v) is 12.0. The Morgan fingerprint density at radius 2 is 1.10 bits per heavy atom. The van der Waals surface area contributed by atoms with Gasteiger partial charge in [0.2, 0.25) is 0 Å². The van der Waals surface area contributed by atoms with E-state index in [9.17, 15) is 0 Å². The second kappa shape index (κ2) is 17.0. The van der Waals surface area contributed by atoms with Crippen molar-refractivity contribution >= 4 is 22.7 Å². The maximum Gasteiger partial charge on any atom is 0.119 e. The van der Waals surface area contributed by atoms with Crippen molar-refractivity contribution in [1.82, 2.24) is 0 Å². The number of hydrogen-bond donors (Lipinski definition) is 0. The number of methoxy groups -OCH3 is 2. The van der Waals surface area contributed by atoms with Gasteiger partial charge in [-0.25, -0.2) is 0 Å². The van der Waals surface area contributed by atoms with Gasteiger partial charge in [0, 0.05) is 14.6 Å². The lowest BCUT2D eigenvalue weighted by Gasteiger charge is -2.07. The fourth-order valence-corrected chi connectivity index (χ4v) is 6.80. The summed E-state index contributed by atoms with van der Waals surface area (Å²) in [4.78, 5) is 4.43. The predicted molar refractivity (Wildman–Crippen MR) is 169 cm³/mol. The van der Waals surface area contributed by atoms with Gasteiger partial charge in [-0.2, -0.15) is 0 Å². The first-order chi connectivity index (χ1) is 19.7. The van der Waals surface area contributed by atoms with E-state index in [1.54, 1.807) is 14.2 Å². The summed E-state index contributed by atoms with van der Waals surface area (Å²) in [6.07, 6.45) is 11.9. The summed E-state index contributed by atoms with van der Waals surface area (Å²) >= 11 is 3.86. The van der Waals surface area contributed by atoms with E-state index in [4.69, 9.17) is 18.9 Å². The van der Waals surface area contributed by atoms with Crippen molar-refractivity contribution < 1.29 is 18.9 Å². The zero-order valence-corrected chi connectivity index (χ0v) is 25.5. The number of benzene rings is 2. The molecular weight excluding hydrogens is 537 g/mol. The van der Waals surface area contributed by atoms with Gasteiger partial charge in [0.15, 0.2) is 0 Å². The van der Waals surface area contributed by atoms with Crippen LogP contribution >= 0.6 is 22.7 Å². The smallest absolute Gasteiger partial charge is 0.119 e. The van der Waals surface area contributed by atoms with Crippen LogP contribution in [-0.2, 0) is 12.8 Å². The van der Waals surface area contributed by atoms with Gasteiger partial charge in [-0.15, -0.1) is 22.7 Å². The van der Waals surface area contributed by atoms with Crippen molar-refractivity contribution in [1.29, 1.82) is 0 Å². The van der Waals surface area contributed by atoms with Crippen molar-refractivity contribution in [3.8, 4) is 32.8 Å². The Hall–Kier alpha value is -2.96. The van der Waals surface area contributed by atoms with E-state index in [-0.39, 0.29) is 0 Å². The molecule has 0 aliphatic carbocycles. The standard InChI is InChI=1S/C34H42O4S2/c1-35-28-15-19-30(20-16-28)37-23-9-5-3-7-12-27-26-32(40-34(27)33-14-11-25-39-33)13-8-4-6-10-24-38-31-21-17-29(36-2)18-22-31/h11,14-22,25-26H,3-10,12-13,23-24H2,1-2H3. The van der Waals surface area contributed by atoms with Gasteiger partial charge in [-0.3, -0.25) is 0 Å². The van der Waals surface area contributed by atoms with Crippen LogP contribution in [0.25, 0.3) is 9.75 Å². The molecule has 4 rings (SSSR count). The van der Waals surface area contributed by atoms with Crippen molar-refractivity contribution in [3.05, 3.63) is 82.6 Å². The molecule has 6 heteroatoms. The first-order valence-corrected chi connectivity index (χ1v) is 16.1. The molecule has 0 saturated heterocycles. The minimum Gasteiger partial charge on any atom is -0.497 e. The molecule has 0 N–H and O–H groups in total. The normalized spacial score (nSPS) is 10.9. The summed E-state index contributed by atoms with van der Waals surface area (Å²) in [5.74, 6) is 3.54. The molecule has 0 amide bonds. The van der Waals surface area contributed by atoms with Gasteiger partial charge >= 0.3 is 0 Å². The molecule has 0 bridgehead atoms. The Kier molecular flexibility index (Phi) is 12.7. The number of thiophene rings is 2. The molecule has 0 saturated carbocycles. The van der Waals surface area contributed by atoms with Crippen LogP contribution in [0.3, 0.4) is 0 Å². The average molecular weight is 579 g/mol. The van der Waals surface area contributed by atoms with E-state index in [2.05, 4.69) is 23.6 Å². The van der Waals surface area contributed by atoms with Gasteiger partial charge in [-0.1, -0.05) is 31.7 Å². The molecule has 0 unspecified atom stereocenters. The highest BCUT2D eigenvalue weighted by Gasteiger charge is 2.12. The van der Waals surface area contributed by atoms with Gasteiger partial charge in [-0.05, 0) is 110 Å². The third-order valence-electron chi connectivity index (χ3n) is 6.92. The van der Waals surface area contributed by atoms with Gasteiger partial charge in [0.05, 0.1) is 27.4 Å². The van der Waals surface area contributed by atoms with E-state index in [1.807, 2.05) is 71.2 Å². The van der Waals surface area contributed by atoms with Gasteiger partial charge in [0.1, 0.15) is 23.0 Å². The average Bonchev–Trinajstić information content (AvgIpc) is 3.67. The lowest BCUT2D eigenvalue weighted by atomic mass is 10.0. The zero-order chi connectivity index (χ0) is 27.8. The molecule has 4 aromatic rings. The maximum atomic E-state index is 5.87. The Morgan fingerprint density at radius 1 is 0.575 bits per heavy atom. The third kappa shape index (κ3) is 9.90. The lowest BCUT2D eigenvalue weighted by Crippen LogP contribution is -1.97. The SMILES string of the molecule is COc1ccc(OCCCCCCc2cc(CCCCCCOc3ccc(OC)cc3)c(-c3cccs3)s2)cc1. The van der Waals surface area contributed by atoms with Gasteiger partial charge in [0.25, 0.3) is 0 Å². The Labute approximate surface area is 247 Å². The highest BCUT2D eigenvalue weighted by Crippen LogP contribution is 2.37. The largest absolute Gasteiger partial charge is 0.497 e. The number of hydrogen-bond acceptors (Lipinski definition) is 6. The number of rotatable bonds is 19. The van der Waals surface area contributed by atoms with Crippen molar-refractivity contribution in [2.24, 2.45) is 0 Å². The molecule has 40 heavy (non-hydrogen) atoms. The molecule has 0 spiro atoms. The molecule has 2 aromatic carbocycles. The summed E-state index contributed by atoms with van der Waals surface area (Å²) in [6, 6.07) is 22.6. The molecular formula is C34H42O4S2. The van der Waals surface area contributed by atoms with Crippen molar-refractivity contribution in [2.75, 3.05) is 27.4 Å². The molecule has 4 nitrogen and oxygen atoms in total.